The zero-order valence-corrected chi connectivity index (χ0v) is 10.6. The number of nitrogen functional groups attached to an aromatic ring is 1. The summed E-state index contributed by atoms with van der Waals surface area (Å²) in [4.78, 5) is 16.5. The second-order valence-corrected chi connectivity index (χ2v) is 3.93. The Morgan fingerprint density at radius 3 is 2.94 bits per heavy atom. The van der Waals surface area contributed by atoms with Gasteiger partial charge in [-0.3, -0.25) is 4.79 Å². The molecule has 0 saturated carbocycles. The predicted molar refractivity (Wildman–Crippen MR) is 68.3 cm³/mol. The Kier molecular flexibility index (Phi) is 5.54. The van der Waals surface area contributed by atoms with Gasteiger partial charge >= 0.3 is 0 Å². The van der Waals surface area contributed by atoms with Crippen molar-refractivity contribution in [2.75, 3.05) is 31.8 Å². The van der Waals surface area contributed by atoms with E-state index in [1.165, 1.54) is 18.2 Å². The van der Waals surface area contributed by atoms with Gasteiger partial charge in [0.1, 0.15) is 5.82 Å². The molecule has 0 heterocycles. The second kappa shape index (κ2) is 6.93. The molecule has 0 atom stereocenters. The molecule has 100 valence electrons. The van der Waals surface area contributed by atoms with Crippen LogP contribution in [0, 0.1) is 5.82 Å². The Labute approximate surface area is 106 Å². The van der Waals surface area contributed by atoms with Crippen molar-refractivity contribution >= 4 is 17.3 Å². The maximum absolute atomic E-state index is 13.3. The number of amides is 1. The van der Waals surface area contributed by atoms with E-state index in [1.807, 2.05) is 0 Å². The Balaban J connectivity index is 2.42. The van der Waals surface area contributed by atoms with E-state index < -0.39 is 5.82 Å². The van der Waals surface area contributed by atoms with E-state index in [4.69, 9.17) is 10.6 Å². The highest BCUT2D eigenvalue weighted by Crippen LogP contribution is 2.17. The molecule has 18 heavy (non-hydrogen) atoms. The van der Waals surface area contributed by atoms with Gasteiger partial charge in [-0.2, -0.15) is 5.06 Å². The molecule has 0 aliphatic rings. The fourth-order valence-electron chi connectivity index (χ4n) is 1.40. The van der Waals surface area contributed by atoms with Crippen molar-refractivity contribution in [3.05, 3.63) is 24.0 Å². The number of nitrogens with two attached hydrogens (primary N) is 1. The summed E-state index contributed by atoms with van der Waals surface area (Å²) in [6.07, 6.45) is 0.919. The Hall–Kier alpha value is -1.66. The lowest BCUT2D eigenvalue weighted by molar-refractivity contribution is -0.119. The molecule has 1 aromatic rings. The van der Waals surface area contributed by atoms with Crippen LogP contribution in [-0.2, 0) is 9.63 Å². The molecule has 3 N–H and O–H groups in total. The molecule has 0 aliphatic heterocycles. The summed E-state index contributed by atoms with van der Waals surface area (Å²) in [5.74, 6) is -0.740. The number of hydroxylamine groups is 2. The van der Waals surface area contributed by atoms with Crippen LogP contribution in [0.1, 0.15) is 12.8 Å². The summed E-state index contributed by atoms with van der Waals surface area (Å²) in [5, 5.41) is 4.11. The maximum Gasteiger partial charge on any atom is 0.224 e. The number of halogens is 1. The number of hydrogen-bond donors (Lipinski definition) is 2. The molecule has 5 nitrogen and oxygen atoms in total. The second-order valence-electron chi connectivity index (χ2n) is 3.93. The largest absolute Gasteiger partial charge is 0.399 e. The SMILES string of the molecule is CON(C)CCCC(=O)Nc1cc(N)ccc1F. The third-order valence-corrected chi connectivity index (χ3v) is 2.45. The van der Waals surface area contributed by atoms with Gasteiger partial charge in [0, 0.05) is 25.7 Å². The molecule has 1 amide bonds. The van der Waals surface area contributed by atoms with Crippen molar-refractivity contribution in [3.8, 4) is 0 Å². The lowest BCUT2D eigenvalue weighted by atomic mass is 10.2. The normalized spacial score (nSPS) is 10.7. The van der Waals surface area contributed by atoms with Gasteiger partial charge in [0.2, 0.25) is 5.91 Å². The monoisotopic (exact) mass is 255 g/mol. The minimum atomic E-state index is -0.494. The molecule has 0 bridgehead atoms. The molecule has 1 rings (SSSR count). The van der Waals surface area contributed by atoms with Gasteiger partial charge < -0.3 is 15.9 Å². The lowest BCUT2D eigenvalue weighted by Gasteiger charge is -2.12. The van der Waals surface area contributed by atoms with Crippen molar-refractivity contribution in [1.82, 2.24) is 5.06 Å². The highest BCUT2D eigenvalue weighted by molar-refractivity contribution is 5.91. The van der Waals surface area contributed by atoms with E-state index in [1.54, 1.807) is 19.2 Å². The van der Waals surface area contributed by atoms with Crippen LogP contribution >= 0.6 is 0 Å². The summed E-state index contributed by atoms with van der Waals surface area (Å²) < 4.78 is 13.3. The summed E-state index contributed by atoms with van der Waals surface area (Å²) in [5.41, 5.74) is 6.04. The van der Waals surface area contributed by atoms with Crippen LogP contribution in [-0.4, -0.2) is 31.7 Å². The quantitative estimate of drug-likeness (QED) is 0.598. The third kappa shape index (κ3) is 4.68. The number of nitrogens with zero attached hydrogens (tertiary/aromatic N) is 1. The van der Waals surface area contributed by atoms with Crippen LogP contribution in [0.2, 0.25) is 0 Å². The molecule has 0 aromatic heterocycles. The number of rotatable bonds is 6. The molecule has 0 radical (unpaired) electrons. The number of carbonyl (C=O) groups excluding carboxylic acids is 1. The molecular weight excluding hydrogens is 237 g/mol. The number of carbonyl (C=O) groups is 1. The Morgan fingerprint density at radius 2 is 2.28 bits per heavy atom. The lowest BCUT2D eigenvalue weighted by Crippen LogP contribution is -2.20. The first kappa shape index (κ1) is 14.4. The standard InChI is InChI=1S/C12H18FN3O2/c1-16(18-2)7-3-4-12(17)15-11-8-9(14)5-6-10(11)13/h5-6,8H,3-4,7,14H2,1-2H3,(H,15,17). The topological polar surface area (TPSA) is 67.6 Å². The minimum absolute atomic E-state index is 0.111. The highest BCUT2D eigenvalue weighted by Gasteiger charge is 2.07. The third-order valence-electron chi connectivity index (χ3n) is 2.45. The average Bonchev–Trinajstić information content (AvgIpc) is 2.33. The molecule has 0 aliphatic carbocycles. The van der Waals surface area contributed by atoms with Gasteiger partial charge in [-0.1, -0.05) is 0 Å². The zero-order valence-electron chi connectivity index (χ0n) is 10.6. The first-order valence-electron chi connectivity index (χ1n) is 5.63. The Bertz CT molecular complexity index is 412. The molecule has 0 unspecified atom stereocenters. The van der Waals surface area contributed by atoms with E-state index in [2.05, 4.69) is 5.32 Å². The van der Waals surface area contributed by atoms with Gasteiger partial charge in [0.15, 0.2) is 0 Å². The molecule has 1 aromatic carbocycles. The van der Waals surface area contributed by atoms with Crippen LogP contribution in [0.25, 0.3) is 0 Å². The summed E-state index contributed by atoms with van der Waals surface area (Å²) in [7, 11) is 3.33. The fraction of sp³-hybridized carbons (Fsp3) is 0.417. The van der Waals surface area contributed by atoms with E-state index in [0.717, 1.165) is 0 Å². The van der Waals surface area contributed by atoms with E-state index in [-0.39, 0.29) is 11.6 Å². The predicted octanol–water partition coefficient (Wildman–Crippen LogP) is 1.62. The van der Waals surface area contributed by atoms with Crippen LogP contribution in [0.5, 0.6) is 0 Å². The van der Waals surface area contributed by atoms with Crippen LogP contribution < -0.4 is 11.1 Å². The first-order chi connectivity index (χ1) is 8.52. The number of hydrogen-bond acceptors (Lipinski definition) is 4. The van der Waals surface area contributed by atoms with Gasteiger partial charge in [-0.25, -0.2) is 4.39 Å². The zero-order chi connectivity index (χ0) is 13.5. The minimum Gasteiger partial charge on any atom is -0.399 e. The molecule has 6 heteroatoms. The molecule has 0 fully saturated rings. The summed E-state index contributed by atoms with van der Waals surface area (Å²) in [6.45, 7) is 0.628. The summed E-state index contributed by atoms with van der Waals surface area (Å²) in [6, 6.07) is 4.07. The van der Waals surface area contributed by atoms with E-state index in [0.29, 0.717) is 25.1 Å². The number of nitrogens with one attached hydrogen (secondary N) is 1. The van der Waals surface area contributed by atoms with Crippen molar-refractivity contribution in [2.24, 2.45) is 0 Å². The fourth-order valence-corrected chi connectivity index (χ4v) is 1.40. The van der Waals surface area contributed by atoms with Crippen molar-refractivity contribution < 1.29 is 14.0 Å². The van der Waals surface area contributed by atoms with Crippen molar-refractivity contribution in [3.63, 3.8) is 0 Å². The van der Waals surface area contributed by atoms with Crippen LogP contribution in [0.3, 0.4) is 0 Å². The summed E-state index contributed by atoms with van der Waals surface area (Å²) >= 11 is 0. The van der Waals surface area contributed by atoms with E-state index in [9.17, 15) is 9.18 Å². The van der Waals surface area contributed by atoms with Gasteiger partial charge in [0.05, 0.1) is 12.8 Å². The Morgan fingerprint density at radius 1 is 1.56 bits per heavy atom. The van der Waals surface area contributed by atoms with Crippen molar-refractivity contribution in [1.29, 1.82) is 0 Å². The van der Waals surface area contributed by atoms with Gasteiger partial charge in [0.25, 0.3) is 0 Å². The van der Waals surface area contributed by atoms with E-state index >= 15 is 0 Å². The highest BCUT2D eigenvalue weighted by atomic mass is 19.1. The van der Waals surface area contributed by atoms with Crippen LogP contribution in [0.15, 0.2) is 18.2 Å². The van der Waals surface area contributed by atoms with Gasteiger partial charge in [-0.05, 0) is 24.6 Å². The first-order valence-corrected chi connectivity index (χ1v) is 5.63. The molecular formula is C12H18FN3O2. The number of anilines is 2. The smallest absolute Gasteiger partial charge is 0.224 e. The average molecular weight is 255 g/mol. The maximum atomic E-state index is 13.3. The van der Waals surface area contributed by atoms with Crippen molar-refractivity contribution in [2.45, 2.75) is 12.8 Å². The number of benzene rings is 1. The molecule has 0 saturated heterocycles. The van der Waals surface area contributed by atoms with Gasteiger partial charge in [-0.15, -0.1) is 0 Å². The van der Waals surface area contributed by atoms with Crippen LogP contribution in [0.4, 0.5) is 15.8 Å². The molecule has 0 spiro atoms.